The van der Waals surface area contributed by atoms with Crippen molar-refractivity contribution in [1.82, 2.24) is 4.98 Å². The first kappa shape index (κ1) is 22.3. The fraction of sp³-hybridized carbons (Fsp3) is 0.227. The highest BCUT2D eigenvalue weighted by molar-refractivity contribution is 7.92. The van der Waals surface area contributed by atoms with Gasteiger partial charge in [0.2, 0.25) is 0 Å². The minimum atomic E-state index is -5.59. The van der Waals surface area contributed by atoms with Crippen molar-refractivity contribution in [2.24, 2.45) is 5.92 Å². The molecule has 2 aromatic carbocycles. The zero-order valence-corrected chi connectivity index (χ0v) is 18.2. The van der Waals surface area contributed by atoms with Crippen LogP contribution in [0.3, 0.4) is 0 Å². The Balaban J connectivity index is 1.60. The molecule has 12 heteroatoms. The second kappa shape index (κ2) is 6.98. The fourth-order valence-corrected chi connectivity index (χ4v) is 5.18. The lowest BCUT2D eigenvalue weighted by Crippen LogP contribution is -2.39. The maximum absolute atomic E-state index is 14.0. The molecule has 7 nitrogen and oxygen atoms in total. The number of fused-ring (bicyclic) bond motifs is 1. The van der Waals surface area contributed by atoms with Gasteiger partial charge < -0.3 is 0 Å². The van der Waals surface area contributed by atoms with Gasteiger partial charge in [0.15, 0.2) is 0 Å². The normalized spacial score (nSPS) is 22.8. The highest BCUT2D eigenvalue weighted by Crippen LogP contribution is 2.56. The molecule has 0 radical (unpaired) electrons. The van der Waals surface area contributed by atoms with Crippen molar-refractivity contribution in [2.45, 2.75) is 29.3 Å². The SMILES string of the molecule is CC1CC12C(=O)N(c1ccc(S(=O)(=O)C(F)(F)F)cc1)C(=O)N2c1ccnc2ccc(F)cc12. The Hall–Kier alpha value is -3.54. The van der Waals surface area contributed by atoms with Gasteiger partial charge in [-0.2, -0.15) is 13.2 Å². The topological polar surface area (TPSA) is 87.7 Å². The van der Waals surface area contributed by atoms with E-state index < -0.39 is 43.5 Å². The number of pyridine rings is 1. The van der Waals surface area contributed by atoms with Crippen LogP contribution in [0.2, 0.25) is 0 Å². The summed E-state index contributed by atoms with van der Waals surface area (Å²) in [6.07, 6.45) is 1.75. The van der Waals surface area contributed by atoms with Gasteiger partial charge in [0.05, 0.1) is 21.8 Å². The zero-order chi connectivity index (χ0) is 24.6. The van der Waals surface area contributed by atoms with E-state index in [-0.39, 0.29) is 17.3 Å². The van der Waals surface area contributed by atoms with Gasteiger partial charge in [-0.3, -0.25) is 14.7 Å². The molecule has 34 heavy (non-hydrogen) atoms. The predicted octanol–water partition coefficient (Wildman–Crippen LogP) is 4.42. The van der Waals surface area contributed by atoms with Gasteiger partial charge in [0.1, 0.15) is 11.4 Å². The second-order valence-electron chi connectivity index (χ2n) is 8.22. The number of anilines is 2. The van der Waals surface area contributed by atoms with Gasteiger partial charge in [-0.25, -0.2) is 22.5 Å². The molecule has 2 heterocycles. The van der Waals surface area contributed by atoms with E-state index in [1.54, 1.807) is 6.92 Å². The Morgan fingerprint density at radius 1 is 1.06 bits per heavy atom. The molecule has 2 atom stereocenters. The summed E-state index contributed by atoms with van der Waals surface area (Å²) in [4.78, 5) is 32.1. The molecule has 5 rings (SSSR count). The molecule has 2 aliphatic rings. The van der Waals surface area contributed by atoms with Crippen LogP contribution in [-0.2, 0) is 14.6 Å². The van der Waals surface area contributed by atoms with Crippen molar-refractivity contribution >= 4 is 44.1 Å². The van der Waals surface area contributed by atoms with Gasteiger partial charge in [0.25, 0.3) is 15.7 Å². The summed E-state index contributed by atoms with van der Waals surface area (Å²) in [5.41, 5.74) is -6.14. The van der Waals surface area contributed by atoms with Crippen molar-refractivity contribution in [3.8, 4) is 0 Å². The summed E-state index contributed by atoms with van der Waals surface area (Å²) in [6.45, 7) is 1.77. The number of amides is 3. The Kier molecular flexibility index (Phi) is 4.57. The quantitative estimate of drug-likeness (QED) is 0.398. The Morgan fingerprint density at radius 3 is 2.29 bits per heavy atom. The molecule has 0 N–H and O–H groups in total. The number of aromatic nitrogens is 1. The summed E-state index contributed by atoms with van der Waals surface area (Å²) in [5, 5.41) is 0.315. The van der Waals surface area contributed by atoms with Crippen LogP contribution in [0.15, 0.2) is 59.6 Å². The Bertz CT molecular complexity index is 1470. The number of halogens is 4. The number of carbonyl (C=O) groups excluding carboxylic acids is 2. The van der Waals surface area contributed by atoms with Crippen LogP contribution in [-0.4, -0.2) is 36.4 Å². The van der Waals surface area contributed by atoms with Crippen LogP contribution in [0.4, 0.5) is 33.7 Å². The summed E-state index contributed by atoms with van der Waals surface area (Å²) >= 11 is 0. The first-order valence-corrected chi connectivity index (χ1v) is 11.5. The number of nitrogens with zero attached hydrogens (tertiary/aromatic N) is 3. The minimum Gasteiger partial charge on any atom is -0.277 e. The summed E-state index contributed by atoms with van der Waals surface area (Å²) < 4.78 is 75.8. The fourth-order valence-electron chi connectivity index (χ4n) is 4.42. The summed E-state index contributed by atoms with van der Waals surface area (Å²) in [7, 11) is -5.59. The highest BCUT2D eigenvalue weighted by atomic mass is 32.2. The second-order valence-corrected chi connectivity index (χ2v) is 10.2. The smallest absolute Gasteiger partial charge is 0.277 e. The number of hydrogen-bond donors (Lipinski definition) is 0. The third kappa shape index (κ3) is 2.94. The number of sulfone groups is 1. The lowest BCUT2D eigenvalue weighted by molar-refractivity contribution is -0.119. The lowest BCUT2D eigenvalue weighted by atomic mass is 10.1. The molecule has 1 saturated heterocycles. The molecule has 1 aliphatic heterocycles. The van der Waals surface area contributed by atoms with Crippen LogP contribution < -0.4 is 9.80 Å². The lowest BCUT2D eigenvalue weighted by Gasteiger charge is -2.23. The number of hydrogen-bond acceptors (Lipinski definition) is 5. The third-order valence-corrected chi connectivity index (χ3v) is 7.76. The first-order chi connectivity index (χ1) is 15.9. The number of benzene rings is 2. The van der Waals surface area contributed by atoms with Crippen molar-refractivity contribution in [3.05, 3.63) is 60.5 Å². The van der Waals surface area contributed by atoms with Gasteiger partial charge >= 0.3 is 11.5 Å². The largest absolute Gasteiger partial charge is 0.501 e. The van der Waals surface area contributed by atoms with E-state index in [1.165, 1.54) is 35.4 Å². The highest BCUT2D eigenvalue weighted by Gasteiger charge is 2.70. The van der Waals surface area contributed by atoms with Crippen LogP contribution in [0.1, 0.15) is 13.3 Å². The van der Waals surface area contributed by atoms with Crippen LogP contribution >= 0.6 is 0 Å². The summed E-state index contributed by atoms with van der Waals surface area (Å²) in [6, 6.07) is 7.91. The zero-order valence-electron chi connectivity index (χ0n) is 17.4. The van der Waals surface area contributed by atoms with E-state index in [2.05, 4.69) is 4.98 Å². The van der Waals surface area contributed by atoms with E-state index in [0.29, 0.717) is 29.5 Å². The molecule has 176 valence electrons. The number of rotatable bonds is 3. The van der Waals surface area contributed by atoms with E-state index in [9.17, 15) is 35.6 Å². The molecule has 1 aromatic heterocycles. The van der Waals surface area contributed by atoms with Crippen molar-refractivity contribution in [3.63, 3.8) is 0 Å². The van der Waals surface area contributed by atoms with E-state index >= 15 is 0 Å². The number of imide groups is 1. The monoisotopic (exact) mass is 493 g/mol. The molecule has 2 unspecified atom stereocenters. The third-order valence-electron chi connectivity index (χ3n) is 6.26. The Morgan fingerprint density at radius 2 is 1.71 bits per heavy atom. The van der Waals surface area contributed by atoms with Gasteiger partial charge in [-0.05, 0) is 60.9 Å². The van der Waals surface area contributed by atoms with Gasteiger partial charge in [-0.1, -0.05) is 6.92 Å². The average molecular weight is 493 g/mol. The standard InChI is InChI=1S/C22H15F4N3O4S/c1-12-11-21(12)19(30)28(14-3-5-15(6-4-14)34(32,33)22(24,25)26)20(31)29(21)18-8-9-27-17-7-2-13(23)10-16(17)18/h2-10,12H,11H2,1H3. The number of carbonyl (C=O) groups is 2. The molecule has 3 amide bonds. The maximum atomic E-state index is 14.0. The molecule has 1 aliphatic carbocycles. The number of urea groups is 1. The van der Waals surface area contributed by atoms with E-state index in [0.717, 1.165) is 17.0 Å². The molecular formula is C22H15F4N3O4S. The van der Waals surface area contributed by atoms with Gasteiger partial charge in [0, 0.05) is 11.6 Å². The van der Waals surface area contributed by atoms with Crippen molar-refractivity contribution in [1.29, 1.82) is 0 Å². The molecule has 2 fully saturated rings. The molecule has 1 spiro atoms. The molecular weight excluding hydrogens is 478 g/mol. The number of alkyl halides is 3. The predicted molar refractivity (Wildman–Crippen MR) is 113 cm³/mol. The van der Waals surface area contributed by atoms with Crippen molar-refractivity contribution < 1.29 is 35.6 Å². The van der Waals surface area contributed by atoms with E-state index in [4.69, 9.17) is 0 Å². The summed E-state index contributed by atoms with van der Waals surface area (Å²) in [5.74, 6) is -1.40. The average Bonchev–Trinajstić information content (AvgIpc) is 3.39. The van der Waals surface area contributed by atoms with Gasteiger partial charge in [-0.15, -0.1) is 0 Å². The van der Waals surface area contributed by atoms with E-state index in [1.807, 2.05) is 0 Å². The van der Waals surface area contributed by atoms with Crippen LogP contribution in [0.25, 0.3) is 10.9 Å². The minimum absolute atomic E-state index is 0.0818. The molecule has 1 saturated carbocycles. The first-order valence-electron chi connectivity index (χ1n) is 10.0. The van der Waals surface area contributed by atoms with Crippen molar-refractivity contribution in [2.75, 3.05) is 9.80 Å². The Labute approximate surface area is 190 Å². The van der Waals surface area contributed by atoms with Crippen LogP contribution in [0.5, 0.6) is 0 Å². The van der Waals surface area contributed by atoms with Crippen LogP contribution in [0, 0.1) is 11.7 Å². The molecule has 3 aromatic rings. The maximum Gasteiger partial charge on any atom is 0.501 e. The molecule has 0 bridgehead atoms.